The van der Waals surface area contributed by atoms with Crippen LogP contribution in [0.4, 0.5) is 0 Å². The molecule has 1 N–H and O–H groups in total. The van der Waals surface area contributed by atoms with Crippen LogP contribution in [0.5, 0.6) is 0 Å². The molecule has 2 aliphatic heterocycles. The van der Waals surface area contributed by atoms with Gasteiger partial charge in [-0.1, -0.05) is 34.6 Å². The molecular formula is C74H120O20S. The third-order valence-corrected chi connectivity index (χ3v) is 26.2. The van der Waals surface area contributed by atoms with Crippen LogP contribution >= 0.6 is 0 Å². The molecule has 0 aromatic rings. The molecule has 13 aliphatic rings. The van der Waals surface area contributed by atoms with Crippen molar-refractivity contribution in [1.82, 2.24) is 0 Å². The summed E-state index contributed by atoms with van der Waals surface area (Å²) in [4.78, 5) is 94.9. The Balaban J connectivity index is 0.000000173. The Morgan fingerprint density at radius 3 is 1.51 bits per heavy atom. The van der Waals surface area contributed by atoms with Crippen molar-refractivity contribution in [2.75, 3.05) is 19.8 Å². The van der Waals surface area contributed by atoms with Crippen LogP contribution in [-0.4, -0.2) is 127 Å². The van der Waals surface area contributed by atoms with Crippen LogP contribution in [0.2, 0.25) is 0 Å². The third kappa shape index (κ3) is 18.7. The van der Waals surface area contributed by atoms with E-state index in [2.05, 4.69) is 20.8 Å². The highest BCUT2D eigenvalue weighted by Gasteiger charge is 2.66. The molecule has 0 aromatic heterocycles. The number of fused-ring (bicyclic) bond motifs is 1. The zero-order valence-electron chi connectivity index (χ0n) is 60.8. The van der Waals surface area contributed by atoms with Crippen molar-refractivity contribution in [2.24, 2.45) is 74.4 Å². The van der Waals surface area contributed by atoms with E-state index in [0.717, 1.165) is 69.6 Å². The van der Waals surface area contributed by atoms with Crippen molar-refractivity contribution >= 4 is 57.9 Å². The van der Waals surface area contributed by atoms with Gasteiger partial charge in [0.15, 0.2) is 0 Å². The van der Waals surface area contributed by atoms with Crippen LogP contribution in [0.15, 0.2) is 0 Å². The molecule has 0 spiro atoms. The van der Waals surface area contributed by atoms with Gasteiger partial charge in [-0.3, -0.25) is 37.7 Å². The molecular weight excluding hydrogens is 1240 g/mol. The fraction of sp³-hybridized carbons (Fsp3) is 0.892. The average molecular weight is 1360 g/mol. The first-order valence-corrected chi connectivity index (χ1v) is 37.7. The van der Waals surface area contributed by atoms with E-state index in [1.807, 2.05) is 69.2 Å². The summed E-state index contributed by atoms with van der Waals surface area (Å²) in [6, 6.07) is 0. The zero-order valence-corrected chi connectivity index (χ0v) is 61.7. The fourth-order valence-electron chi connectivity index (χ4n) is 16.4. The van der Waals surface area contributed by atoms with Gasteiger partial charge in [-0.15, -0.1) is 0 Å². The largest absolute Gasteiger partial charge is 0.463 e. The van der Waals surface area contributed by atoms with Crippen LogP contribution < -0.4 is 0 Å². The first-order chi connectivity index (χ1) is 44.0. The van der Waals surface area contributed by atoms with E-state index in [4.69, 9.17) is 42.1 Å². The average Bonchev–Trinajstić information content (AvgIpc) is 1.01. The van der Waals surface area contributed by atoms with Gasteiger partial charge in [-0.25, -0.2) is 4.79 Å². The standard InChI is InChI=1S/C19H28O9S.C17H28O2.C16H26O3.C12H22O2.C10H16O4/c1-4-19(2,3)18(22)26-8-7-25-14(20)5-6-15(21)27-16-11-9-12-13(10-11)29(23,24)28-17(12)16;1-5-16(2,3)15(18)19-17(4)13-7-11-6-12(9-13)10-14(17)8-11;1-4-14(2,3)13(17)19-16-8-11-5-12(9-16)7-15(18,6-11)10-16;1-5-11(2,3)10(13)14-12(4)8-6-7-9-12;1-4-10(2,3)9(12)14-7-5-6-13-8(7)11/h11-13,16-17H,4-10H2,1-3H3;11-14H,5-10H2,1-4H3;11-12,18H,4-10H2,1-3H3;5-9H2,1-4H3;7H,4-6H2,1-3H3. The summed E-state index contributed by atoms with van der Waals surface area (Å²) in [5.74, 6) is 1.71. The molecule has 11 saturated carbocycles. The Morgan fingerprint density at radius 2 is 1.01 bits per heavy atom. The van der Waals surface area contributed by atoms with Gasteiger partial charge in [-0.05, 0) is 253 Å². The van der Waals surface area contributed by atoms with Crippen molar-refractivity contribution in [3.05, 3.63) is 0 Å². The van der Waals surface area contributed by atoms with Crippen LogP contribution in [0, 0.1) is 74.4 Å². The molecule has 0 radical (unpaired) electrons. The van der Waals surface area contributed by atoms with Crippen LogP contribution in [0.25, 0.3) is 0 Å². The van der Waals surface area contributed by atoms with Crippen LogP contribution in [0.3, 0.4) is 0 Å². The Bertz CT molecular complexity index is 2820. The molecule has 13 rings (SSSR count). The van der Waals surface area contributed by atoms with Crippen molar-refractivity contribution in [3.63, 3.8) is 0 Å². The molecule has 542 valence electrons. The Labute approximate surface area is 567 Å². The molecule has 2 heterocycles. The second kappa shape index (κ2) is 30.2. The van der Waals surface area contributed by atoms with Crippen molar-refractivity contribution in [1.29, 1.82) is 0 Å². The molecule has 0 aromatic carbocycles. The second-order valence-electron chi connectivity index (χ2n) is 34.0. The maximum Gasteiger partial charge on any atom is 0.347 e. The molecule has 2 saturated heterocycles. The lowest BCUT2D eigenvalue weighted by molar-refractivity contribution is -0.225. The maximum atomic E-state index is 12.5. The van der Waals surface area contributed by atoms with E-state index in [1.165, 1.54) is 51.4 Å². The minimum Gasteiger partial charge on any atom is -0.463 e. The van der Waals surface area contributed by atoms with Gasteiger partial charge < -0.3 is 43.0 Å². The summed E-state index contributed by atoms with van der Waals surface area (Å²) in [7, 11) is -3.56. The highest BCUT2D eigenvalue weighted by Crippen LogP contribution is 2.61. The van der Waals surface area contributed by atoms with E-state index in [9.17, 15) is 51.9 Å². The highest BCUT2D eigenvalue weighted by molar-refractivity contribution is 7.87. The number of cyclic esters (lactones) is 1. The molecule has 95 heavy (non-hydrogen) atoms. The van der Waals surface area contributed by atoms with E-state index in [1.54, 1.807) is 27.7 Å². The summed E-state index contributed by atoms with van der Waals surface area (Å²) in [6.45, 7) is 33.4. The summed E-state index contributed by atoms with van der Waals surface area (Å²) < 4.78 is 71.9. The third-order valence-electron chi connectivity index (χ3n) is 24.5. The summed E-state index contributed by atoms with van der Waals surface area (Å²) >= 11 is 0. The van der Waals surface area contributed by atoms with Gasteiger partial charge in [0.25, 0.3) is 10.1 Å². The predicted molar refractivity (Wildman–Crippen MR) is 354 cm³/mol. The van der Waals surface area contributed by atoms with Gasteiger partial charge in [0, 0.05) is 24.7 Å². The summed E-state index contributed by atoms with van der Waals surface area (Å²) in [5.41, 5.74) is -3.45. The van der Waals surface area contributed by atoms with Crippen molar-refractivity contribution in [3.8, 4) is 0 Å². The summed E-state index contributed by atoms with van der Waals surface area (Å²) in [5, 5.41) is 10.2. The first-order valence-electron chi connectivity index (χ1n) is 36.3. The topological polar surface area (TPSA) is 274 Å². The van der Waals surface area contributed by atoms with Gasteiger partial charge in [-0.2, -0.15) is 8.42 Å². The van der Waals surface area contributed by atoms with E-state index < -0.39 is 73.4 Å². The number of aliphatic hydroxyl groups is 1. The lowest BCUT2D eigenvalue weighted by Crippen LogP contribution is -2.61. The second-order valence-corrected chi connectivity index (χ2v) is 35.8. The quantitative estimate of drug-likeness (QED) is 0.0484. The zero-order chi connectivity index (χ0) is 70.7. The van der Waals surface area contributed by atoms with Crippen LogP contribution in [0.1, 0.15) is 278 Å². The monoisotopic (exact) mass is 1360 g/mol. The lowest BCUT2D eigenvalue weighted by atomic mass is 9.50. The van der Waals surface area contributed by atoms with E-state index in [-0.39, 0.29) is 95.4 Å². The maximum absolute atomic E-state index is 12.5. The molecule has 13 fully saturated rings. The van der Waals surface area contributed by atoms with E-state index >= 15 is 0 Å². The van der Waals surface area contributed by atoms with E-state index in [0.29, 0.717) is 68.8 Å². The predicted octanol–water partition coefficient (Wildman–Crippen LogP) is 13.1. The van der Waals surface area contributed by atoms with Gasteiger partial charge in [0.05, 0.1) is 57.4 Å². The fourth-order valence-corrected chi connectivity index (χ4v) is 18.3. The minimum atomic E-state index is -3.56. The number of ether oxygens (including phenoxy) is 8. The SMILES string of the molecule is CCC(C)(C)C(=O)OC1(C)C2CC3CC(C2)CC1C3.CCC(C)(C)C(=O)OC1(C)CCCC1.CCC(C)(C)C(=O)OC12CC3CC(CC(O)(C3)C1)C2.CCC(C)(C)C(=O)OC1CCOC1=O.CCC(C)(C)C(=O)OCCOC(=O)CCC(=O)OC1C2CC3C1OS(=O)(=O)C3C2. The van der Waals surface area contributed by atoms with Gasteiger partial charge >= 0.3 is 47.8 Å². The number of carbonyl (C=O) groups excluding carboxylic acids is 8. The number of hydrogen-bond donors (Lipinski definition) is 1. The Hall–Kier alpha value is -4.37. The van der Waals surface area contributed by atoms with Crippen molar-refractivity contribution in [2.45, 2.75) is 324 Å². The molecule has 21 heteroatoms. The lowest BCUT2D eigenvalue weighted by Gasteiger charge is -2.59. The number of esters is 8. The highest BCUT2D eigenvalue weighted by atomic mass is 32.2. The van der Waals surface area contributed by atoms with Crippen molar-refractivity contribution < 1.29 is 94.0 Å². The minimum absolute atomic E-state index is 0.00904. The number of carbonyl (C=O) groups is 8. The molecule has 11 aliphatic carbocycles. The van der Waals surface area contributed by atoms with Crippen LogP contribution in [-0.2, 0) is 90.6 Å². The van der Waals surface area contributed by atoms with Gasteiger partial charge in [0.1, 0.15) is 42.2 Å². The molecule has 8 atom stereocenters. The number of rotatable bonds is 21. The molecule has 10 bridgehead atoms. The normalized spacial score (nSPS) is 33.7. The summed E-state index contributed by atoms with van der Waals surface area (Å²) in [6.07, 6.45) is 19.9. The first kappa shape index (κ1) is 78.0. The molecule has 8 unspecified atom stereocenters. The molecule has 0 amide bonds. The Kier molecular flexibility index (Phi) is 24.8. The van der Waals surface area contributed by atoms with Gasteiger partial charge in [0.2, 0.25) is 6.10 Å². The molecule has 20 nitrogen and oxygen atoms in total. The number of hydrogen-bond acceptors (Lipinski definition) is 20. The smallest absolute Gasteiger partial charge is 0.347 e. The Morgan fingerprint density at radius 1 is 0.547 bits per heavy atom.